The smallest absolute Gasteiger partial charge is 0.333 e. The van der Waals surface area contributed by atoms with E-state index < -0.39 is 0 Å². The number of furan rings is 1. The second-order valence-corrected chi connectivity index (χ2v) is 21.0. The molecule has 0 amide bonds. The fourth-order valence-electron chi connectivity index (χ4n) is 12.7. The van der Waals surface area contributed by atoms with Crippen molar-refractivity contribution in [1.29, 1.82) is 0 Å². The minimum absolute atomic E-state index is 0.0366. The first-order valence-electron chi connectivity index (χ1n) is 22.7. The molecule has 302 valence electrons. The van der Waals surface area contributed by atoms with E-state index in [9.17, 15) is 0 Å². The van der Waals surface area contributed by atoms with Crippen LogP contribution in [0.2, 0.25) is 0 Å². The van der Waals surface area contributed by atoms with Crippen LogP contribution in [0.5, 0.6) is 0 Å². The van der Waals surface area contributed by atoms with Crippen molar-refractivity contribution in [3.63, 3.8) is 0 Å². The predicted molar refractivity (Wildman–Crippen MR) is 266 cm³/mol. The van der Waals surface area contributed by atoms with Gasteiger partial charge >= 0.3 is 6.85 Å². The van der Waals surface area contributed by atoms with Crippen LogP contribution in [-0.4, -0.2) is 11.4 Å². The van der Waals surface area contributed by atoms with Crippen LogP contribution < -0.4 is 15.7 Å². The summed E-state index contributed by atoms with van der Waals surface area (Å²) < 4.78 is 9.29. The van der Waals surface area contributed by atoms with Crippen LogP contribution in [0.15, 0.2) is 144 Å². The molecule has 14 rings (SSSR count). The van der Waals surface area contributed by atoms with Gasteiger partial charge in [0.15, 0.2) is 0 Å². The molecule has 4 heteroatoms. The third-order valence-corrected chi connectivity index (χ3v) is 15.8. The lowest BCUT2D eigenvalue weighted by Crippen LogP contribution is -2.60. The van der Waals surface area contributed by atoms with Crippen molar-refractivity contribution in [1.82, 2.24) is 4.57 Å². The summed E-state index contributed by atoms with van der Waals surface area (Å²) in [6.07, 6.45) is 0. The Labute approximate surface area is 368 Å². The summed E-state index contributed by atoms with van der Waals surface area (Å²) in [5, 5.41) is 4.86. The highest BCUT2D eigenvalue weighted by Crippen LogP contribution is 2.56. The average molecular weight is 811 g/mol. The summed E-state index contributed by atoms with van der Waals surface area (Å²) in [7, 11) is 0. The molecule has 2 aromatic heterocycles. The largest absolute Gasteiger partial charge is 0.456 e. The molecule has 4 aliphatic rings. The normalized spacial score (nSPS) is 15.8. The Bertz CT molecular complexity index is 3740. The quantitative estimate of drug-likeness (QED) is 0.154. The molecule has 0 saturated heterocycles. The lowest BCUT2D eigenvalue weighted by molar-refractivity contribution is 0.590. The number of hydrogen-bond donors (Lipinski definition) is 0. The number of rotatable bonds is 1. The molecule has 0 unspecified atom stereocenters. The van der Waals surface area contributed by atoms with Crippen molar-refractivity contribution in [2.24, 2.45) is 0 Å². The van der Waals surface area contributed by atoms with Crippen LogP contribution >= 0.6 is 0 Å². The number of hydrogen-bond acceptors (Lipinski definition) is 2. The first kappa shape index (κ1) is 35.8. The summed E-state index contributed by atoms with van der Waals surface area (Å²) >= 11 is 0. The Hall–Kier alpha value is -6.78. The van der Waals surface area contributed by atoms with Gasteiger partial charge in [-0.15, -0.1) is 0 Å². The summed E-state index contributed by atoms with van der Waals surface area (Å²) in [4.78, 5) is 2.72. The van der Waals surface area contributed by atoms with Crippen LogP contribution in [0.4, 0.5) is 11.4 Å². The summed E-state index contributed by atoms with van der Waals surface area (Å²) in [5.74, 6) is 0. The molecule has 0 N–H and O–H groups in total. The monoisotopic (exact) mass is 810 g/mol. The Kier molecular flexibility index (Phi) is 6.49. The van der Waals surface area contributed by atoms with E-state index in [1.165, 1.54) is 117 Å². The van der Waals surface area contributed by atoms with E-state index in [4.69, 9.17) is 4.42 Å². The van der Waals surface area contributed by atoms with Gasteiger partial charge in [0.1, 0.15) is 11.2 Å². The zero-order valence-corrected chi connectivity index (χ0v) is 37.2. The summed E-state index contributed by atoms with van der Waals surface area (Å²) in [6.45, 7) is 18.8. The van der Waals surface area contributed by atoms with E-state index in [0.29, 0.717) is 0 Å². The molecule has 2 aliphatic heterocycles. The Morgan fingerprint density at radius 1 is 0.524 bits per heavy atom. The average Bonchev–Trinajstić information content (AvgIpc) is 3.95. The summed E-state index contributed by atoms with van der Waals surface area (Å²) in [6, 6.07) is 53.7. The van der Waals surface area contributed by atoms with Gasteiger partial charge in [-0.2, -0.15) is 0 Å². The second-order valence-electron chi connectivity index (χ2n) is 21.0. The Balaban J connectivity index is 1.17. The Morgan fingerprint density at radius 2 is 1.16 bits per heavy atom. The lowest BCUT2D eigenvalue weighted by Gasteiger charge is -2.43. The van der Waals surface area contributed by atoms with E-state index in [-0.39, 0.29) is 23.1 Å². The predicted octanol–water partition coefficient (Wildman–Crippen LogP) is 14.1. The molecule has 63 heavy (non-hydrogen) atoms. The SMILES string of the molecule is Cc1cc2c3c4c1c1cc5oc6ccccc6c5cc1n4-c1cc4c(cc1B3N(c1ccc(C(C)(C)C)cc1)c1cc3c(cc1-2)-c1ccccc1C3(C)C)-c1ccccc1C4(C)C. The van der Waals surface area contributed by atoms with Crippen molar-refractivity contribution in [2.75, 3.05) is 4.81 Å². The van der Waals surface area contributed by atoms with Gasteiger partial charge in [0, 0.05) is 55.0 Å². The van der Waals surface area contributed by atoms with Gasteiger partial charge in [-0.05, 0) is 133 Å². The molecular formula is C59H47BN2O. The second kappa shape index (κ2) is 11.4. The third-order valence-electron chi connectivity index (χ3n) is 15.8. The van der Waals surface area contributed by atoms with Gasteiger partial charge in [0.05, 0.1) is 11.0 Å². The molecule has 0 bridgehead atoms. The van der Waals surface area contributed by atoms with Gasteiger partial charge in [-0.3, -0.25) is 0 Å². The molecule has 0 saturated carbocycles. The van der Waals surface area contributed by atoms with Gasteiger partial charge in [-0.1, -0.05) is 139 Å². The fourth-order valence-corrected chi connectivity index (χ4v) is 12.7. The van der Waals surface area contributed by atoms with Crippen LogP contribution in [0, 0.1) is 6.92 Å². The maximum absolute atomic E-state index is 6.63. The molecule has 0 fully saturated rings. The first-order chi connectivity index (χ1) is 30.3. The molecule has 2 aliphatic carbocycles. The highest BCUT2D eigenvalue weighted by molar-refractivity contribution is 6.93. The number of para-hydroxylation sites is 1. The maximum atomic E-state index is 6.63. The maximum Gasteiger partial charge on any atom is 0.333 e. The first-order valence-corrected chi connectivity index (χ1v) is 22.7. The van der Waals surface area contributed by atoms with Crippen LogP contribution in [0.25, 0.3) is 82.8 Å². The molecule has 3 nitrogen and oxygen atoms in total. The van der Waals surface area contributed by atoms with Crippen LogP contribution in [-0.2, 0) is 16.2 Å². The van der Waals surface area contributed by atoms with Crippen molar-refractivity contribution in [3.8, 4) is 39.1 Å². The minimum atomic E-state index is -0.155. The van der Waals surface area contributed by atoms with Crippen LogP contribution in [0.1, 0.15) is 81.8 Å². The molecule has 0 spiro atoms. The zero-order chi connectivity index (χ0) is 42.6. The molecular weight excluding hydrogens is 763 g/mol. The third kappa shape index (κ3) is 4.32. The topological polar surface area (TPSA) is 21.3 Å². The minimum Gasteiger partial charge on any atom is -0.456 e. The standard InChI is InChI=1S/C59H47BN2O/c1-32-25-42-40-26-38-35-15-9-12-18-44(35)58(5,6)46(38)30-50(40)62(34-23-21-33(22-24-34)57(2,3)4)60-48-27-39-36-16-10-13-19-45(36)59(7,8)47(39)31-51(48)61-49-28-41-37-17-11-14-20-52(37)63-53(41)29-43(49)54(32)56(61)55(42)60/h9-31H,1-8H3. The van der Waals surface area contributed by atoms with E-state index in [2.05, 4.69) is 204 Å². The molecule has 0 radical (unpaired) electrons. The van der Waals surface area contributed by atoms with E-state index in [0.717, 1.165) is 21.9 Å². The van der Waals surface area contributed by atoms with Crippen molar-refractivity contribution < 1.29 is 4.42 Å². The fraction of sp³-hybridized carbons (Fsp3) is 0.186. The van der Waals surface area contributed by atoms with E-state index in [1.807, 2.05) is 0 Å². The molecule has 10 aromatic rings. The number of nitrogens with zero attached hydrogens (tertiary/aromatic N) is 2. The van der Waals surface area contributed by atoms with Crippen LogP contribution in [0.3, 0.4) is 0 Å². The zero-order valence-electron chi connectivity index (χ0n) is 37.2. The van der Waals surface area contributed by atoms with Crippen molar-refractivity contribution in [2.45, 2.75) is 71.6 Å². The number of aryl methyl sites for hydroxylation is 1. The van der Waals surface area contributed by atoms with Gasteiger partial charge in [0.2, 0.25) is 0 Å². The van der Waals surface area contributed by atoms with Crippen molar-refractivity contribution >= 4 is 72.9 Å². The molecule has 0 atom stereocenters. The lowest BCUT2D eigenvalue weighted by atomic mass is 9.43. The highest BCUT2D eigenvalue weighted by Gasteiger charge is 2.48. The Morgan fingerprint density at radius 3 is 1.86 bits per heavy atom. The van der Waals surface area contributed by atoms with Crippen molar-refractivity contribution in [3.05, 3.63) is 173 Å². The van der Waals surface area contributed by atoms with Gasteiger partial charge in [0.25, 0.3) is 0 Å². The summed E-state index contributed by atoms with van der Waals surface area (Å²) in [5.41, 5.74) is 26.8. The molecule has 4 heterocycles. The highest BCUT2D eigenvalue weighted by atomic mass is 16.3. The van der Waals surface area contributed by atoms with E-state index in [1.54, 1.807) is 0 Å². The number of benzene rings is 8. The molecule has 8 aromatic carbocycles. The number of aromatic nitrogens is 1. The van der Waals surface area contributed by atoms with Gasteiger partial charge in [-0.25, -0.2) is 0 Å². The number of anilines is 2. The number of fused-ring (bicyclic) bond motifs is 17. The van der Waals surface area contributed by atoms with Gasteiger partial charge < -0.3 is 13.8 Å². The van der Waals surface area contributed by atoms with E-state index >= 15 is 0 Å².